The van der Waals surface area contributed by atoms with E-state index in [-0.39, 0.29) is 18.3 Å². The van der Waals surface area contributed by atoms with Gasteiger partial charge in [0.25, 0.3) is 5.91 Å². The number of hydrogen-bond donors (Lipinski definition) is 1. The minimum atomic E-state index is -0.356. The normalized spacial score (nSPS) is 17.1. The number of ether oxygens (including phenoxy) is 1. The van der Waals surface area contributed by atoms with Crippen molar-refractivity contribution in [2.24, 2.45) is 5.10 Å². The summed E-state index contributed by atoms with van der Waals surface area (Å²) in [6.45, 7) is -0.133. The van der Waals surface area contributed by atoms with E-state index in [4.69, 9.17) is 16.3 Å². The van der Waals surface area contributed by atoms with Crippen LogP contribution >= 0.6 is 11.6 Å². The van der Waals surface area contributed by atoms with Crippen LogP contribution < -0.4 is 10.2 Å². The van der Waals surface area contributed by atoms with Crippen LogP contribution in [0, 0.1) is 0 Å². The second-order valence-electron chi connectivity index (χ2n) is 4.52. The van der Waals surface area contributed by atoms with Crippen molar-refractivity contribution in [1.29, 1.82) is 0 Å². The lowest BCUT2D eigenvalue weighted by Crippen LogP contribution is -2.27. The van der Waals surface area contributed by atoms with Gasteiger partial charge in [-0.2, -0.15) is 5.10 Å². The van der Waals surface area contributed by atoms with Crippen molar-refractivity contribution in [3.8, 4) is 5.75 Å². The molecule has 0 atom stereocenters. The number of hydrazone groups is 1. The number of hydrogen-bond acceptors (Lipinski definition) is 4. The van der Waals surface area contributed by atoms with Gasteiger partial charge in [-0.05, 0) is 37.1 Å². The molecule has 1 fully saturated rings. The number of rotatable bonds is 4. The highest BCUT2D eigenvalue weighted by Crippen LogP contribution is 2.15. The van der Waals surface area contributed by atoms with Gasteiger partial charge < -0.3 is 4.74 Å². The summed E-state index contributed by atoms with van der Waals surface area (Å²) in [5.74, 6) is 0.372. The highest BCUT2D eigenvalue weighted by Gasteiger charge is 2.14. The van der Waals surface area contributed by atoms with Crippen LogP contribution in [-0.2, 0) is 9.59 Å². The Morgan fingerprint density at radius 2 is 2.05 bits per heavy atom. The number of nitrogens with one attached hydrogen (secondary N) is 1. The van der Waals surface area contributed by atoms with Gasteiger partial charge in [-0.15, -0.1) is 0 Å². The Morgan fingerprint density at radius 3 is 2.75 bits per heavy atom. The molecule has 1 amide bonds. The molecule has 106 valence electrons. The van der Waals surface area contributed by atoms with E-state index in [0.717, 1.165) is 18.6 Å². The molecule has 0 bridgehead atoms. The lowest BCUT2D eigenvalue weighted by molar-refractivity contribution is -0.123. The molecular weight excluding hydrogens is 280 g/mol. The second-order valence-corrected chi connectivity index (χ2v) is 4.96. The first-order valence-corrected chi connectivity index (χ1v) is 6.75. The van der Waals surface area contributed by atoms with Crippen molar-refractivity contribution in [2.45, 2.75) is 25.7 Å². The van der Waals surface area contributed by atoms with E-state index in [1.165, 1.54) is 0 Å². The molecule has 1 aliphatic rings. The van der Waals surface area contributed by atoms with Gasteiger partial charge in [0.1, 0.15) is 11.5 Å². The maximum absolute atomic E-state index is 11.6. The maximum atomic E-state index is 11.6. The van der Waals surface area contributed by atoms with Crippen molar-refractivity contribution in [2.75, 3.05) is 6.61 Å². The quantitative estimate of drug-likeness (QED) is 0.867. The molecular formula is C14H15ClN2O3. The average molecular weight is 295 g/mol. The fourth-order valence-electron chi connectivity index (χ4n) is 1.84. The zero-order chi connectivity index (χ0) is 14.4. The third kappa shape index (κ3) is 4.66. The molecule has 2 rings (SSSR count). The molecule has 0 heterocycles. The van der Waals surface area contributed by atoms with Crippen molar-refractivity contribution in [1.82, 2.24) is 5.43 Å². The Labute approximate surface area is 122 Å². The monoisotopic (exact) mass is 294 g/mol. The van der Waals surface area contributed by atoms with Gasteiger partial charge in [-0.1, -0.05) is 11.6 Å². The molecule has 0 saturated heterocycles. The molecule has 0 spiro atoms. The average Bonchev–Trinajstić information content (AvgIpc) is 2.45. The van der Waals surface area contributed by atoms with Gasteiger partial charge in [0, 0.05) is 23.6 Å². The van der Waals surface area contributed by atoms with Crippen LogP contribution in [0.4, 0.5) is 0 Å². The summed E-state index contributed by atoms with van der Waals surface area (Å²) in [7, 11) is 0. The van der Waals surface area contributed by atoms with Crippen molar-refractivity contribution in [3.05, 3.63) is 29.3 Å². The molecule has 20 heavy (non-hydrogen) atoms. The van der Waals surface area contributed by atoms with Gasteiger partial charge in [-0.3, -0.25) is 9.59 Å². The second kappa shape index (κ2) is 7.05. The highest BCUT2D eigenvalue weighted by atomic mass is 35.5. The first kappa shape index (κ1) is 14.5. The summed E-state index contributed by atoms with van der Waals surface area (Å²) >= 11 is 5.74. The molecule has 1 aromatic rings. The van der Waals surface area contributed by atoms with E-state index in [9.17, 15) is 9.59 Å². The molecule has 5 nitrogen and oxygen atoms in total. The molecule has 1 saturated carbocycles. The molecule has 1 N–H and O–H groups in total. The molecule has 0 aliphatic heterocycles. The number of carbonyl (C=O) groups excluding carboxylic acids is 2. The first-order valence-electron chi connectivity index (χ1n) is 6.38. The Bertz CT molecular complexity index is 526. The SMILES string of the molecule is O=C1CCC/C(=N/NC(=O)COc2ccc(Cl)cc2)C1. The van der Waals surface area contributed by atoms with Crippen LogP contribution in [0.2, 0.25) is 5.02 Å². The van der Waals surface area contributed by atoms with E-state index in [1.807, 2.05) is 0 Å². The molecule has 6 heteroatoms. The van der Waals surface area contributed by atoms with E-state index < -0.39 is 0 Å². The number of nitrogens with zero attached hydrogens (tertiary/aromatic N) is 1. The number of carbonyl (C=O) groups is 2. The molecule has 0 radical (unpaired) electrons. The molecule has 1 aliphatic carbocycles. The van der Waals surface area contributed by atoms with E-state index in [0.29, 0.717) is 23.6 Å². The van der Waals surface area contributed by atoms with Gasteiger partial charge in [0.15, 0.2) is 6.61 Å². The topological polar surface area (TPSA) is 67.8 Å². The van der Waals surface area contributed by atoms with Crippen LogP contribution in [-0.4, -0.2) is 24.0 Å². The third-order valence-corrected chi connectivity index (χ3v) is 3.10. The summed E-state index contributed by atoms with van der Waals surface area (Å²) in [6.07, 6.45) is 2.49. The standard InChI is InChI=1S/C14H15ClN2O3/c15-10-4-6-13(7-5-10)20-9-14(19)17-16-11-2-1-3-12(18)8-11/h4-7H,1-3,8-9H2,(H,17,19)/b16-11-. The van der Waals surface area contributed by atoms with Crippen LogP contribution in [0.15, 0.2) is 29.4 Å². The van der Waals surface area contributed by atoms with Gasteiger partial charge in [-0.25, -0.2) is 5.43 Å². The fraction of sp³-hybridized carbons (Fsp3) is 0.357. The Morgan fingerprint density at radius 1 is 1.30 bits per heavy atom. The Balaban J connectivity index is 1.76. The van der Waals surface area contributed by atoms with Gasteiger partial charge in [0.2, 0.25) is 0 Å². The minimum absolute atomic E-state index is 0.133. The van der Waals surface area contributed by atoms with E-state index >= 15 is 0 Å². The summed E-state index contributed by atoms with van der Waals surface area (Å²) in [5.41, 5.74) is 3.12. The number of ketones is 1. The molecule has 1 aromatic carbocycles. The summed E-state index contributed by atoms with van der Waals surface area (Å²) in [5, 5.41) is 4.56. The number of benzene rings is 1. The Hall–Kier alpha value is -1.88. The van der Waals surface area contributed by atoms with Crippen LogP contribution in [0.25, 0.3) is 0 Å². The van der Waals surface area contributed by atoms with Crippen LogP contribution in [0.1, 0.15) is 25.7 Å². The number of halogens is 1. The zero-order valence-electron chi connectivity index (χ0n) is 10.9. The van der Waals surface area contributed by atoms with E-state index in [2.05, 4.69) is 10.5 Å². The lowest BCUT2D eigenvalue weighted by atomic mass is 9.97. The Kier molecular flexibility index (Phi) is 5.12. The summed E-state index contributed by atoms with van der Waals surface area (Å²) in [6, 6.07) is 6.73. The zero-order valence-corrected chi connectivity index (χ0v) is 11.7. The van der Waals surface area contributed by atoms with Crippen molar-refractivity contribution < 1.29 is 14.3 Å². The summed E-state index contributed by atoms with van der Waals surface area (Å²) in [4.78, 5) is 22.8. The van der Waals surface area contributed by atoms with Crippen molar-refractivity contribution in [3.63, 3.8) is 0 Å². The predicted octanol–water partition coefficient (Wildman–Crippen LogP) is 2.33. The molecule has 0 unspecified atom stereocenters. The summed E-state index contributed by atoms with van der Waals surface area (Å²) < 4.78 is 5.28. The van der Waals surface area contributed by atoms with Crippen molar-refractivity contribution >= 4 is 29.0 Å². The fourth-order valence-corrected chi connectivity index (χ4v) is 1.97. The van der Waals surface area contributed by atoms with E-state index in [1.54, 1.807) is 24.3 Å². The largest absolute Gasteiger partial charge is 0.484 e. The smallest absolute Gasteiger partial charge is 0.277 e. The van der Waals surface area contributed by atoms with Crippen LogP contribution in [0.5, 0.6) is 5.75 Å². The van der Waals surface area contributed by atoms with Gasteiger partial charge >= 0.3 is 0 Å². The maximum Gasteiger partial charge on any atom is 0.277 e. The van der Waals surface area contributed by atoms with Crippen LogP contribution in [0.3, 0.4) is 0 Å². The third-order valence-electron chi connectivity index (χ3n) is 2.84. The minimum Gasteiger partial charge on any atom is -0.484 e. The molecule has 0 aromatic heterocycles. The first-order chi connectivity index (χ1) is 9.63. The lowest BCUT2D eigenvalue weighted by Gasteiger charge is -2.11. The van der Waals surface area contributed by atoms with Gasteiger partial charge in [0.05, 0.1) is 0 Å². The number of Topliss-reactive ketones (excluding diaryl/α,β-unsaturated/α-hetero) is 1. The highest BCUT2D eigenvalue weighted by molar-refractivity contribution is 6.30. The predicted molar refractivity (Wildman–Crippen MR) is 76.0 cm³/mol. The number of amides is 1.